The number of aldehydes is 2. The van der Waals surface area contributed by atoms with Crippen LogP contribution in [0.5, 0.6) is 11.5 Å². The first kappa shape index (κ1) is 26.8. The van der Waals surface area contributed by atoms with Crippen molar-refractivity contribution in [2.24, 2.45) is 0 Å². The van der Waals surface area contributed by atoms with Crippen LogP contribution in [0.1, 0.15) is 34.6 Å². The van der Waals surface area contributed by atoms with Crippen LogP contribution < -0.4 is 9.47 Å². The molecule has 0 fully saturated rings. The van der Waals surface area contributed by atoms with Crippen molar-refractivity contribution in [2.45, 2.75) is 13.8 Å². The fourth-order valence-corrected chi connectivity index (χ4v) is 5.12. The van der Waals surface area contributed by atoms with E-state index in [-0.39, 0.29) is 13.6 Å². The van der Waals surface area contributed by atoms with Gasteiger partial charge < -0.3 is 18.9 Å². The van der Waals surface area contributed by atoms with Crippen LogP contribution in [0.4, 0.5) is 0 Å². The average Bonchev–Trinajstić information content (AvgIpc) is 2.87. The van der Waals surface area contributed by atoms with Crippen LogP contribution >= 0.6 is 45.2 Å². The Bertz CT molecular complexity index is 1320. The third kappa shape index (κ3) is 5.51. The van der Waals surface area contributed by atoms with Crippen molar-refractivity contribution >= 4 is 79.3 Å². The lowest BCUT2D eigenvalue weighted by atomic mass is 9.91. The summed E-state index contributed by atoms with van der Waals surface area (Å²) in [6.45, 7) is 4.61. The summed E-state index contributed by atoms with van der Waals surface area (Å²) in [5.41, 5.74) is 2.07. The van der Waals surface area contributed by atoms with Crippen LogP contribution in [0.3, 0.4) is 0 Å². The smallest absolute Gasteiger partial charge is 0.189 e. The Kier molecular flexibility index (Phi) is 9.15. The van der Waals surface area contributed by atoms with Gasteiger partial charge in [0.25, 0.3) is 0 Å². The molecule has 6 nitrogen and oxygen atoms in total. The van der Waals surface area contributed by atoms with Crippen molar-refractivity contribution in [3.05, 3.63) is 66.8 Å². The molecule has 0 amide bonds. The second kappa shape index (κ2) is 12.3. The minimum atomic E-state index is -0.0264. The highest BCUT2D eigenvalue weighted by Crippen LogP contribution is 2.45. The maximum absolute atomic E-state index is 12.4. The third-order valence-corrected chi connectivity index (χ3v) is 7.04. The maximum atomic E-state index is 12.4. The molecule has 0 aliphatic heterocycles. The summed E-state index contributed by atoms with van der Waals surface area (Å²) in [5, 5.41) is 3.27. The van der Waals surface area contributed by atoms with Gasteiger partial charge in [0.2, 0.25) is 0 Å². The molecule has 0 aliphatic rings. The molecule has 4 rings (SSSR count). The first-order chi connectivity index (χ1) is 17.5. The van der Waals surface area contributed by atoms with Crippen molar-refractivity contribution in [3.63, 3.8) is 0 Å². The van der Waals surface area contributed by atoms with Gasteiger partial charge in [-0.2, -0.15) is 0 Å². The number of hydrogen-bond acceptors (Lipinski definition) is 6. The molecule has 0 saturated heterocycles. The molecule has 0 saturated carbocycles. The summed E-state index contributed by atoms with van der Waals surface area (Å²) in [4.78, 5) is 24.8. The number of ether oxygens (including phenoxy) is 4. The van der Waals surface area contributed by atoms with E-state index in [1.54, 1.807) is 0 Å². The predicted molar refractivity (Wildman–Crippen MR) is 157 cm³/mol. The molecule has 0 aromatic heterocycles. The molecule has 0 bridgehead atoms. The van der Waals surface area contributed by atoms with Gasteiger partial charge in [-0.25, -0.2) is 0 Å². The number of fused-ring (bicyclic) bond motifs is 2. The third-order valence-electron chi connectivity index (χ3n) is 5.69. The van der Waals surface area contributed by atoms with E-state index in [1.807, 2.05) is 62.4 Å². The van der Waals surface area contributed by atoms with Crippen molar-refractivity contribution in [3.8, 4) is 22.6 Å². The molecule has 0 unspecified atom stereocenters. The van der Waals surface area contributed by atoms with Gasteiger partial charge in [-0.1, -0.05) is 12.1 Å². The lowest BCUT2D eigenvalue weighted by Gasteiger charge is -2.20. The van der Waals surface area contributed by atoms with Crippen molar-refractivity contribution in [2.75, 3.05) is 26.8 Å². The summed E-state index contributed by atoms with van der Waals surface area (Å²) in [6, 6.07) is 15.6. The number of halogens is 2. The number of hydrogen-bond donors (Lipinski definition) is 0. The predicted octanol–water partition coefficient (Wildman–Crippen LogP) is 7.24. The van der Waals surface area contributed by atoms with E-state index in [2.05, 4.69) is 45.2 Å². The van der Waals surface area contributed by atoms with Gasteiger partial charge in [0.15, 0.2) is 26.2 Å². The largest absolute Gasteiger partial charge is 0.466 e. The highest BCUT2D eigenvalue weighted by atomic mass is 127. The molecule has 4 aromatic rings. The van der Waals surface area contributed by atoms with Crippen LogP contribution in [-0.4, -0.2) is 39.4 Å². The highest BCUT2D eigenvalue weighted by molar-refractivity contribution is 14.1. The lowest BCUT2D eigenvalue weighted by Crippen LogP contribution is -2.08. The van der Waals surface area contributed by atoms with Gasteiger partial charge >= 0.3 is 0 Å². The zero-order chi connectivity index (χ0) is 25.7. The van der Waals surface area contributed by atoms with Gasteiger partial charge in [0.05, 0.1) is 11.1 Å². The standard InChI is InChI=1S/C28H24I2O6/c1-3-33-15-35-27-23(11-17-9-19(29)5-7-21(17)25(27)13-31)24-12-18-10-20(30)6-8-22(18)26(14-32)28(24)36-16-34-4-2/h5-14H,3-4,15-16H2,1-2H3. The zero-order valence-electron chi connectivity index (χ0n) is 19.8. The maximum Gasteiger partial charge on any atom is 0.189 e. The number of carbonyl (C=O) groups excluding carboxylic acids is 2. The monoisotopic (exact) mass is 710 g/mol. The second-order valence-electron chi connectivity index (χ2n) is 7.81. The minimum absolute atomic E-state index is 0.0264. The summed E-state index contributed by atoms with van der Waals surface area (Å²) in [5.74, 6) is 0.741. The van der Waals surface area contributed by atoms with E-state index in [1.165, 1.54) is 0 Å². The molecule has 0 aliphatic carbocycles. The minimum Gasteiger partial charge on any atom is -0.466 e. The van der Waals surface area contributed by atoms with Gasteiger partial charge in [-0.05, 0) is 117 Å². The van der Waals surface area contributed by atoms with E-state index in [9.17, 15) is 9.59 Å². The highest BCUT2D eigenvalue weighted by Gasteiger charge is 2.23. The summed E-state index contributed by atoms with van der Waals surface area (Å²) < 4.78 is 25.1. The van der Waals surface area contributed by atoms with E-state index < -0.39 is 0 Å². The number of rotatable bonds is 11. The Morgan fingerprint density at radius 3 is 1.44 bits per heavy atom. The molecular formula is C28H24I2O6. The first-order valence-corrected chi connectivity index (χ1v) is 13.5. The first-order valence-electron chi connectivity index (χ1n) is 11.4. The van der Waals surface area contributed by atoms with E-state index in [0.717, 1.165) is 41.3 Å². The summed E-state index contributed by atoms with van der Waals surface area (Å²) in [7, 11) is 0. The molecule has 0 atom stereocenters. The molecule has 0 spiro atoms. The van der Waals surface area contributed by atoms with Crippen molar-refractivity contribution < 1.29 is 28.5 Å². The quantitative estimate of drug-likeness (QED) is 0.0708. The molecule has 0 heterocycles. The topological polar surface area (TPSA) is 71.1 Å². The van der Waals surface area contributed by atoms with Gasteiger partial charge in [-0.15, -0.1) is 0 Å². The summed E-state index contributed by atoms with van der Waals surface area (Å²) in [6.07, 6.45) is 1.59. The molecule has 36 heavy (non-hydrogen) atoms. The van der Waals surface area contributed by atoms with Crippen molar-refractivity contribution in [1.29, 1.82) is 0 Å². The Hall–Kier alpha value is -2.28. The molecule has 8 heteroatoms. The SMILES string of the molecule is CCOCOc1c(-c2cc3cc(I)ccc3c(C=O)c2OCOCC)cc2cc(I)ccc2c1C=O. The Morgan fingerprint density at radius 1 is 0.667 bits per heavy atom. The Morgan fingerprint density at radius 2 is 1.08 bits per heavy atom. The van der Waals surface area contributed by atoms with Crippen LogP contribution in [0.2, 0.25) is 0 Å². The van der Waals surface area contributed by atoms with Gasteiger partial charge in [-0.3, -0.25) is 9.59 Å². The molecule has 186 valence electrons. The van der Waals surface area contributed by atoms with Crippen LogP contribution in [0.25, 0.3) is 32.7 Å². The second-order valence-corrected chi connectivity index (χ2v) is 10.3. The van der Waals surface area contributed by atoms with E-state index >= 15 is 0 Å². The van der Waals surface area contributed by atoms with E-state index in [0.29, 0.717) is 47.0 Å². The summed E-state index contributed by atoms with van der Waals surface area (Å²) >= 11 is 4.48. The lowest BCUT2D eigenvalue weighted by molar-refractivity contribution is 0.0211. The van der Waals surface area contributed by atoms with E-state index in [4.69, 9.17) is 18.9 Å². The van der Waals surface area contributed by atoms with Gasteiger partial charge in [0.1, 0.15) is 11.5 Å². The average molecular weight is 710 g/mol. The molecule has 0 radical (unpaired) electrons. The Balaban J connectivity index is 2.09. The molecular weight excluding hydrogens is 686 g/mol. The fourth-order valence-electron chi connectivity index (χ4n) is 4.09. The van der Waals surface area contributed by atoms with Crippen molar-refractivity contribution in [1.82, 2.24) is 0 Å². The fraction of sp³-hybridized carbons (Fsp3) is 0.214. The van der Waals surface area contributed by atoms with Crippen LogP contribution in [0, 0.1) is 7.14 Å². The van der Waals surface area contributed by atoms with Crippen LogP contribution in [-0.2, 0) is 9.47 Å². The normalized spacial score (nSPS) is 11.1. The molecule has 0 N–H and O–H groups in total. The van der Waals surface area contributed by atoms with Gasteiger partial charge in [0, 0.05) is 31.5 Å². The Labute approximate surface area is 236 Å². The van der Waals surface area contributed by atoms with Crippen LogP contribution in [0.15, 0.2) is 48.5 Å². The number of carbonyl (C=O) groups is 2. The molecule has 4 aromatic carbocycles. The number of benzene rings is 4. The zero-order valence-corrected chi connectivity index (χ0v) is 24.1.